The van der Waals surface area contributed by atoms with Gasteiger partial charge < -0.3 is 0 Å². The van der Waals surface area contributed by atoms with Crippen molar-refractivity contribution in [1.82, 2.24) is 4.90 Å². The third kappa shape index (κ3) is 1.62. The number of likely N-dealkylation sites (tertiary alicyclic amines) is 1. The molecular formula is C9H15NO+. The summed E-state index contributed by atoms with van der Waals surface area (Å²) < 4.78 is 0. The van der Waals surface area contributed by atoms with Gasteiger partial charge >= 0.3 is 5.91 Å². The molecule has 2 heteroatoms. The topological polar surface area (TPSA) is 23.0 Å². The van der Waals surface area contributed by atoms with Gasteiger partial charge in [0, 0.05) is 12.8 Å². The Morgan fingerprint density at radius 1 is 1.09 bits per heavy atom. The molecule has 2 nitrogen and oxygen atoms in total. The van der Waals surface area contributed by atoms with Gasteiger partial charge in [-0.15, -0.1) is 4.90 Å². The molecule has 1 heterocycles. The highest BCUT2D eigenvalue weighted by Gasteiger charge is 2.41. The Labute approximate surface area is 67.6 Å². The van der Waals surface area contributed by atoms with E-state index in [1.54, 1.807) is 0 Å². The van der Waals surface area contributed by atoms with Gasteiger partial charge in [0.25, 0.3) is 0 Å². The highest BCUT2D eigenvalue weighted by molar-refractivity contribution is 5.83. The summed E-state index contributed by atoms with van der Waals surface area (Å²) in [5.74, 6) is 0.859. The number of rotatable bonds is 1. The average molecular weight is 153 g/mol. The van der Waals surface area contributed by atoms with Gasteiger partial charge in [-0.3, -0.25) is 0 Å². The molecule has 0 aromatic heterocycles. The van der Waals surface area contributed by atoms with Crippen LogP contribution in [0.3, 0.4) is 0 Å². The summed E-state index contributed by atoms with van der Waals surface area (Å²) in [6, 6.07) is 0. The summed E-state index contributed by atoms with van der Waals surface area (Å²) in [6.45, 7) is 2.05. The van der Waals surface area contributed by atoms with Crippen LogP contribution in [0.4, 0.5) is 0 Å². The Kier molecular flexibility index (Phi) is 1.95. The fourth-order valence-electron chi connectivity index (χ4n) is 1.70. The lowest BCUT2D eigenvalue weighted by atomic mass is 10.1. The second-order valence-electron chi connectivity index (χ2n) is 3.66. The van der Waals surface area contributed by atoms with Crippen molar-refractivity contribution in [3.63, 3.8) is 0 Å². The van der Waals surface area contributed by atoms with Gasteiger partial charge in [-0.1, -0.05) is 0 Å². The summed E-state index contributed by atoms with van der Waals surface area (Å²) >= 11 is 0. The Hall–Kier alpha value is -0.370. The van der Waals surface area contributed by atoms with Gasteiger partial charge in [0.15, 0.2) is 0 Å². The van der Waals surface area contributed by atoms with Crippen molar-refractivity contribution in [1.29, 1.82) is 0 Å². The first-order chi connectivity index (χ1) is 5.38. The van der Waals surface area contributed by atoms with Crippen LogP contribution >= 0.6 is 0 Å². The van der Waals surface area contributed by atoms with Gasteiger partial charge in [-0.25, -0.2) is 4.79 Å². The molecule has 11 heavy (non-hydrogen) atoms. The van der Waals surface area contributed by atoms with Crippen LogP contribution in [0.25, 0.3) is 0 Å². The number of nitrogens with zero attached hydrogens (tertiary/aromatic N) is 1. The van der Waals surface area contributed by atoms with Crippen molar-refractivity contribution in [3.8, 4) is 0 Å². The molecule has 61 valence electrons. The van der Waals surface area contributed by atoms with E-state index in [4.69, 9.17) is 0 Å². The van der Waals surface area contributed by atoms with E-state index in [0.29, 0.717) is 11.8 Å². The van der Waals surface area contributed by atoms with Crippen molar-refractivity contribution in [2.24, 2.45) is 5.92 Å². The van der Waals surface area contributed by atoms with Gasteiger partial charge in [-0.2, -0.15) is 0 Å². The van der Waals surface area contributed by atoms with Gasteiger partial charge in [0.05, 0.1) is 5.92 Å². The number of amides is 1. The molecule has 0 aromatic carbocycles. The minimum Gasteiger partial charge on any atom is -0.225 e. The van der Waals surface area contributed by atoms with Crippen LogP contribution in [0, 0.1) is 5.92 Å². The molecule has 0 unspecified atom stereocenters. The molecule has 1 aliphatic heterocycles. The van der Waals surface area contributed by atoms with E-state index in [1.807, 2.05) is 0 Å². The Bertz CT molecular complexity index is 157. The van der Waals surface area contributed by atoms with Crippen LogP contribution in [0.2, 0.25) is 0 Å². The van der Waals surface area contributed by atoms with Gasteiger partial charge in [0.2, 0.25) is 0 Å². The van der Waals surface area contributed by atoms with Crippen molar-refractivity contribution in [2.45, 2.75) is 32.1 Å². The maximum atomic E-state index is 11.5. The van der Waals surface area contributed by atoms with Crippen LogP contribution in [0.15, 0.2) is 0 Å². The minimum atomic E-state index is 0.424. The third-order valence-corrected chi connectivity index (χ3v) is 2.59. The smallest absolute Gasteiger partial charge is 0.225 e. The fourth-order valence-corrected chi connectivity index (χ4v) is 1.70. The van der Waals surface area contributed by atoms with E-state index in [0.717, 1.165) is 25.9 Å². The summed E-state index contributed by atoms with van der Waals surface area (Å²) in [7, 11) is 0. The second-order valence-corrected chi connectivity index (χ2v) is 3.66. The molecule has 0 atom stereocenters. The molecule has 0 spiro atoms. The summed E-state index contributed by atoms with van der Waals surface area (Å²) in [5, 5.41) is 0. The zero-order chi connectivity index (χ0) is 7.68. The molecule has 1 amide bonds. The molecule has 1 aliphatic carbocycles. The first-order valence-electron chi connectivity index (χ1n) is 4.67. The predicted molar refractivity (Wildman–Crippen MR) is 43.5 cm³/mol. The number of carbonyl (C=O) groups excluding carboxylic acids is 1. The van der Waals surface area contributed by atoms with E-state index >= 15 is 0 Å². The molecule has 1 radical (unpaired) electrons. The third-order valence-electron chi connectivity index (χ3n) is 2.59. The van der Waals surface area contributed by atoms with E-state index in [1.165, 1.54) is 19.3 Å². The molecule has 2 aliphatic rings. The van der Waals surface area contributed by atoms with Crippen LogP contribution in [-0.4, -0.2) is 19.0 Å². The molecule has 2 rings (SSSR count). The lowest BCUT2D eigenvalue weighted by molar-refractivity contribution is -0.127. The Balaban J connectivity index is 1.86. The Morgan fingerprint density at radius 3 is 2.27 bits per heavy atom. The van der Waals surface area contributed by atoms with E-state index < -0.39 is 0 Å². The predicted octanol–water partition coefficient (Wildman–Crippen LogP) is 1.25. The lowest BCUT2D eigenvalue weighted by Crippen LogP contribution is -2.42. The van der Waals surface area contributed by atoms with Crippen molar-refractivity contribution < 1.29 is 4.79 Å². The van der Waals surface area contributed by atoms with Crippen molar-refractivity contribution in [2.75, 3.05) is 13.1 Å². The molecular weight excluding hydrogens is 138 g/mol. The van der Waals surface area contributed by atoms with Gasteiger partial charge in [0.1, 0.15) is 13.1 Å². The quantitative estimate of drug-likeness (QED) is 0.520. The Morgan fingerprint density at radius 2 is 1.73 bits per heavy atom. The SMILES string of the molecule is O=C(C1CC1)[N+]1CCCCC1. The zero-order valence-corrected chi connectivity index (χ0v) is 6.88. The normalized spacial score (nSPS) is 26.9. The fraction of sp³-hybridized carbons (Fsp3) is 0.889. The van der Waals surface area contributed by atoms with Crippen LogP contribution in [0.5, 0.6) is 0 Å². The molecule has 2 fully saturated rings. The largest absolute Gasteiger partial charge is 0.364 e. The maximum absolute atomic E-state index is 11.5. The van der Waals surface area contributed by atoms with Gasteiger partial charge in [-0.05, 0) is 19.3 Å². The van der Waals surface area contributed by atoms with Crippen LogP contribution in [0.1, 0.15) is 32.1 Å². The van der Waals surface area contributed by atoms with Crippen molar-refractivity contribution in [3.05, 3.63) is 0 Å². The second kappa shape index (κ2) is 2.94. The molecule has 0 bridgehead atoms. The maximum Gasteiger partial charge on any atom is 0.364 e. The summed E-state index contributed by atoms with van der Waals surface area (Å²) in [6.07, 6.45) is 6.05. The van der Waals surface area contributed by atoms with E-state index in [2.05, 4.69) is 4.90 Å². The highest BCUT2D eigenvalue weighted by atomic mass is 16.2. The number of hydrogen-bond donors (Lipinski definition) is 0. The zero-order valence-electron chi connectivity index (χ0n) is 6.88. The number of piperidine rings is 1. The van der Waals surface area contributed by atoms with Crippen molar-refractivity contribution >= 4 is 5.91 Å². The number of hydrogen-bond acceptors (Lipinski definition) is 1. The van der Waals surface area contributed by atoms with E-state index in [-0.39, 0.29) is 0 Å². The first kappa shape index (κ1) is 7.29. The standard InChI is InChI=1S/C9H15NO/c11-9(8-4-5-8)10-6-2-1-3-7-10/h8H,1-7H2/q+1. The molecule has 0 aromatic rings. The minimum absolute atomic E-state index is 0.424. The molecule has 1 saturated carbocycles. The van der Waals surface area contributed by atoms with Crippen LogP contribution < -0.4 is 4.90 Å². The van der Waals surface area contributed by atoms with Crippen LogP contribution in [-0.2, 0) is 4.79 Å². The average Bonchev–Trinajstić information content (AvgIpc) is 2.87. The monoisotopic (exact) mass is 153 g/mol. The molecule has 0 N–H and O–H groups in total. The van der Waals surface area contributed by atoms with E-state index in [9.17, 15) is 4.79 Å². The molecule has 1 saturated heterocycles. The first-order valence-corrected chi connectivity index (χ1v) is 4.67. The highest BCUT2D eigenvalue weighted by Crippen LogP contribution is 2.30. The number of carbonyl (C=O) groups is 1. The summed E-state index contributed by atoms with van der Waals surface area (Å²) in [4.78, 5) is 13.5. The summed E-state index contributed by atoms with van der Waals surface area (Å²) in [5.41, 5.74) is 0. The lowest BCUT2D eigenvalue weighted by Gasteiger charge is -2.13.